The van der Waals surface area contributed by atoms with Crippen LogP contribution in [0.3, 0.4) is 0 Å². The van der Waals surface area contributed by atoms with Gasteiger partial charge in [0.05, 0.1) is 19.3 Å². The molecule has 1 fully saturated rings. The maximum absolute atomic E-state index is 14.0. The third-order valence-electron chi connectivity index (χ3n) is 5.01. The Bertz CT molecular complexity index is 862. The van der Waals surface area contributed by atoms with E-state index >= 15 is 0 Å². The van der Waals surface area contributed by atoms with Crippen molar-refractivity contribution in [2.45, 2.75) is 12.5 Å². The number of halogens is 1. The van der Waals surface area contributed by atoms with Crippen molar-refractivity contribution in [3.8, 4) is 5.88 Å². The van der Waals surface area contributed by atoms with Gasteiger partial charge in [0.15, 0.2) is 5.17 Å². The van der Waals surface area contributed by atoms with Crippen molar-refractivity contribution in [3.63, 3.8) is 0 Å². The zero-order valence-corrected chi connectivity index (χ0v) is 15.5. The van der Waals surface area contributed by atoms with Gasteiger partial charge in [-0.3, -0.25) is 0 Å². The number of thioether (sulfide) groups is 1. The maximum Gasteiger partial charge on any atom is 0.255 e. The van der Waals surface area contributed by atoms with Gasteiger partial charge in [0.2, 0.25) is 11.8 Å². The average Bonchev–Trinajstić information content (AvgIpc) is 3.04. The highest BCUT2D eigenvalue weighted by Crippen LogP contribution is 2.46. The SMILES string of the molecule is COc1nc(N2C[C@H]3CSC(N)=NC3(c3ccccc3)C2)nc(C)c1F. The molecular formula is C18H20FN5OS. The van der Waals surface area contributed by atoms with Gasteiger partial charge in [-0.1, -0.05) is 42.1 Å². The third-order valence-corrected chi connectivity index (χ3v) is 5.97. The Hall–Kier alpha value is -2.35. The standard InChI is InChI=1S/C18H20FN5OS/c1-11-14(19)15(25-2)22-17(21-11)24-8-13-9-26-16(20)23-18(13,10-24)12-6-4-3-5-7-12/h3-7,13H,8-10H2,1-2H3,(H2,20,23)/t13-,18?/m0/s1. The Morgan fingerprint density at radius 3 is 2.81 bits per heavy atom. The predicted octanol–water partition coefficient (Wildman–Crippen LogP) is 2.33. The number of methoxy groups -OCH3 is 1. The summed E-state index contributed by atoms with van der Waals surface area (Å²) in [5, 5.41) is 0.598. The molecule has 136 valence electrons. The second kappa shape index (κ2) is 6.42. The fraction of sp³-hybridized carbons (Fsp3) is 0.389. The van der Waals surface area contributed by atoms with Crippen molar-refractivity contribution in [3.05, 3.63) is 47.4 Å². The lowest BCUT2D eigenvalue weighted by atomic mass is 9.82. The van der Waals surface area contributed by atoms with Crippen LogP contribution in [0.15, 0.2) is 35.3 Å². The first-order chi connectivity index (χ1) is 12.5. The van der Waals surface area contributed by atoms with Crippen LogP contribution in [0, 0.1) is 18.7 Å². The van der Waals surface area contributed by atoms with Crippen molar-refractivity contribution in [1.29, 1.82) is 0 Å². The summed E-state index contributed by atoms with van der Waals surface area (Å²) in [5.74, 6) is 1.04. The van der Waals surface area contributed by atoms with Crippen LogP contribution in [-0.2, 0) is 5.54 Å². The topological polar surface area (TPSA) is 76.6 Å². The third kappa shape index (κ3) is 2.68. The van der Waals surface area contributed by atoms with Crippen LogP contribution in [0.5, 0.6) is 5.88 Å². The van der Waals surface area contributed by atoms with E-state index in [9.17, 15) is 4.39 Å². The Labute approximate surface area is 155 Å². The highest BCUT2D eigenvalue weighted by Gasteiger charge is 2.50. The number of aryl methyl sites for hydroxylation is 1. The summed E-state index contributed by atoms with van der Waals surface area (Å²) in [4.78, 5) is 15.5. The molecule has 2 atom stereocenters. The summed E-state index contributed by atoms with van der Waals surface area (Å²) in [7, 11) is 1.41. The van der Waals surface area contributed by atoms with Crippen LogP contribution in [0.1, 0.15) is 11.3 Å². The molecule has 6 nitrogen and oxygen atoms in total. The molecule has 2 N–H and O–H groups in total. The lowest BCUT2D eigenvalue weighted by Gasteiger charge is -2.34. The largest absolute Gasteiger partial charge is 0.479 e. The second-order valence-corrected chi connectivity index (χ2v) is 7.60. The zero-order chi connectivity index (χ0) is 18.3. The van der Waals surface area contributed by atoms with Crippen molar-refractivity contribution in [2.24, 2.45) is 16.6 Å². The molecule has 2 aliphatic rings. The molecule has 4 rings (SSSR count). The highest BCUT2D eigenvalue weighted by atomic mass is 32.2. The van der Waals surface area contributed by atoms with Gasteiger partial charge >= 0.3 is 0 Å². The maximum atomic E-state index is 14.0. The van der Waals surface area contributed by atoms with E-state index in [0.29, 0.717) is 17.7 Å². The van der Waals surface area contributed by atoms with E-state index in [-0.39, 0.29) is 17.5 Å². The van der Waals surface area contributed by atoms with Crippen molar-refractivity contribution in [2.75, 3.05) is 30.9 Å². The lowest BCUT2D eigenvalue weighted by Crippen LogP contribution is -2.40. The number of amidine groups is 1. The molecule has 1 aromatic carbocycles. The van der Waals surface area contributed by atoms with Crippen LogP contribution in [0.2, 0.25) is 0 Å². The zero-order valence-electron chi connectivity index (χ0n) is 14.6. The van der Waals surface area contributed by atoms with Crippen molar-refractivity contribution >= 4 is 22.9 Å². The van der Waals surface area contributed by atoms with Gasteiger partial charge in [-0.05, 0) is 12.5 Å². The van der Waals surface area contributed by atoms with Gasteiger partial charge in [-0.15, -0.1) is 0 Å². The number of hydrogen-bond acceptors (Lipinski definition) is 7. The normalized spacial score (nSPS) is 25.0. The van der Waals surface area contributed by atoms with Crippen LogP contribution in [-0.4, -0.2) is 41.1 Å². The van der Waals surface area contributed by atoms with Crippen LogP contribution >= 0.6 is 11.8 Å². The molecule has 0 bridgehead atoms. The van der Waals surface area contributed by atoms with Crippen molar-refractivity contribution in [1.82, 2.24) is 9.97 Å². The number of anilines is 1. The first kappa shape index (κ1) is 17.1. The minimum Gasteiger partial charge on any atom is -0.479 e. The fourth-order valence-electron chi connectivity index (χ4n) is 3.70. The van der Waals surface area contributed by atoms with E-state index in [1.54, 1.807) is 18.7 Å². The van der Waals surface area contributed by atoms with E-state index in [2.05, 4.69) is 27.0 Å². The Morgan fingerprint density at radius 2 is 2.08 bits per heavy atom. The van der Waals surface area contributed by atoms with Gasteiger partial charge in [0, 0.05) is 18.2 Å². The Kier molecular flexibility index (Phi) is 4.22. The number of fused-ring (bicyclic) bond motifs is 1. The lowest BCUT2D eigenvalue weighted by molar-refractivity contribution is 0.365. The van der Waals surface area contributed by atoms with Gasteiger partial charge in [-0.25, -0.2) is 9.98 Å². The molecule has 2 aromatic rings. The van der Waals surface area contributed by atoms with E-state index < -0.39 is 11.4 Å². The molecule has 0 radical (unpaired) electrons. The van der Waals surface area contributed by atoms with Gasteiger partial charge < -0.3 is 15.4 Å². The molecule has 0 spiro atoms. The van der Waals surface area contributed by atoms with Gasteiger partial charge in [-0.2, -0.15) is 9.37 Å². The number of rotatable bonds is 3. The highest BCUT2D eigenvalue weighted by molar-refractivity contribution is 8.13. The molecule has 0 saturated carbocycles. The molecule has 1 aromatic heterocycles. The van der Waals surface area contributed by atoms with Gasteiger partial charge in [0.1, 0.15) is 5.54 Å². The molecule has 8 heteroatoms. The summed E-state index contributed by atoms with van der Waals surface area (Å²) in [6, 6.07) is 10.2. The summed E-state index contributed by atoms with van der Waals surface area (Å²) in [5.41, 5.74) is 7.04. The first-order valence-corrected chi connectivity index (χ1v) is 9.39. The summed E-state index contributed by atoms with van der Waals surface area (Å²) < 4.78 is 19.1. The predicted molar refractivity (Wildman–Crippen MR) is 101 cm³/mol. The monoisotopic (exact) mass is 373 g/mol. The summed E-state index contributed by atoms with van der Waals surface area (Å²) in [6.07, 6.45) is 0. The smallest absolute Gasteiger partial charge is 0.255 e. The molecule has 1 saturated heterocycles. The molecule has 1 unspecified atom stereocenters. The van der Waals surface area contributed by atoms with Crippen LogP contribution in [0.25, 0.3) is 0 Å². The number of aliphatic imine (C=N–C) groups is 1. The number of ether oxygens (including phenoxy) is 1. The Balaban J connectivity index is 1.76. The van der Waals surface area contributed by atoms with E-state index in [1.807, 2.05) is 18.2 Å². The van der Waals surface area contributed by atoms with E-state index in [4.69, 9.17) is 15.5 Å². The minimum absolute atomic E-state index is 0.0338. The first-order valence-electron chi connectivity index (χ1n) is 8.40. The summed E-state index contributed by atoms with van der Waals surface area (Å²) >= 11 is 1.57. The van der Waals surface area contributed by atoms with E-state index in [1.165, 1.54) is 7.11 Å². The molecule has 26 heavy (non-hydrogen) atoms. The average molecular weight is 373 g/mol. The number of hydrogen-bond donors (Lipinski definition) is 1. The quantitative estimate of drug-likeness (QED) is 0.890. The molecule has 0 amide bonds. The number of nitrogens with zero attached hydrogens (tertiary/aromatic N) is 4. The number of aromatic nitrogens is 2. The second-order valence-electron chi connectivity index (χ2n) is 6.56. The molecule has 2 aliphatic heterocycles. The fourth-order valence-corrected chi connectivity index (χ4v) is 4.68. The van der Waals surface area contributed by atoms with E-state index in [0.717, 1.165) is 17.9 Å². The summed E-state index contributed by atoms with van der Waals surface area (Å²) in [6.45, 7) is 2.94. The Morgan fingerprint density at radius 1 is 1.31 bits per heavy atom. The number of nitrogens with two attached hydrogens (primary N) is 1. The molecule has 3 heterocycles. The van der Waals surface area contributed by atoms with Crippen LogP contribution < -0.4 is 15.4 Å². The van der Waals surface area contributed by atoms with Crippen molar-refractivity contribution < 1.29 is 9.13 Å². The van der Waals surface area contributed by atoms with Gasteiger partial charge in [0.25, 0.3) is 5.88 Å². The number of benzene rings is 1. The minimum atomic E-state index is -0.525. The molecular weight excluding hydrogens is 353 g/mol. The van der Waals surface area contributed by atoms with Crippen LogP contribution in [0.4, 0.5) is 10.3 Å². The molecule has 0 aliphatic carbocycles.